The van der Waals surface area contributed by atoms with E-state index in [2.05, 4.69) is 26.2 Å². The van der Waals surface area contributed by atoms with Crippen molar-refractivity contribution in [2.75, 3.05) is 5.32 Å². The Bertz CT molecular complexity index is 647. The van der Waals surface area contributed by atoms with Gasteiger partial charge in [0.15, 0.2) is 0 Å². The van der Waals surface area contributed by atoms with Gasteiger partial charge in [-0.05, 0) is 52.7 Å². The first-order valence-corrected chi connectivity index (χ1v) is 6.56. The molecule has 1 aromatic heterocycles. The molecule has 0 spiro atoms. The van der Waals surface area contributed by atoms with E-state index in [0.29, 0.717) is 10.7 Å². The van der Waals surface area contributed by atoms with Crippen LogP contribution in [0.15, 0.2) is 34.9 Å². The fourth-order valence-corrected chi connectivity index (χ4v) is 2.24. The quantitative estimate of drug-likeness (QED) is 0.876. The highest BCUT2D eigenvalue weighted by molar-refractivity contribution is 9.10. The number of pyridine rings is 1. The van der Waals surface area contributed by atoms with Gasteiger partial charge in [-0.2, -0.15) is 0 Å². The summed E-state index contributed by atoms with van der Waals surface area (Å²) < 4.78 is 0.850. The number of hydrogen-bond donors (Lipinski definition) is 2. The van der Waals surface area contributed by atoms with E-state index in [0.717, 1.165) is 15.7 Å². The Labute approximate surface area is 123 Å². The second-order valence-corrected chi connectivity index (χ2v) is 5.20. The average Bonchev–Trinajstić information content (AvgIpc) is 2.36. The van der Waals surface area contributed by atoms with Crippen molar-refractivity contribution in [2.45, 2.75) is 6.92 Å². The molecular formula is C13H10BrClN2O2. The number of aromatic carboxylic acids is 1. The monoisotopic (exact) mass is 340 g/mol. The van der Waals surface area contributed by atoms with Crippen LogP contribution < -0.4 is 5.32 Å². The van der Waals surface area contributed by atoms with Gasteiger partial charge in [0.2, 0.25) is 0 Å². The molecule has 0 saturated carbocycles. The highest BCUT2D eigenvalue weighted by Gasteiger charge is 2.08. The van der Waals surface area contributed by atoms with Gasteiger partial charge in [0, 0.05) is 21.4 Å². The third-order valence-corrected chi connectivity index (χ3v) is 3.57. The summed E-state index contributed by atoms with van der Waals surface area (Å²) in [5.41, 5.74) is 2.34. The number of nitrogens with zero attached hydrogens (tertiary/aromatic N) is 1. The maximum atomic E-state index is 10.9. The van der Waals surface area contributed by atoms with Crippen LogP contribution in [0.1, 0.15) is 16.1 Å². The zero-order valence-corrected chi connectivity index (χ0v) is 12.3. The van der Waals surface area contributed by atoms with Crippen LogP contribution in [0.5, 0.6) is 0 Å². The van der Waals surface area contributed by atoms with Gasteiger partial charge in [-0.3, -0.25) is 0 Å². The molecule has 0 aliphatic rings. The molecule has 2 aromatic rings. The molecule has 2 rings (SSSR count). The average molecular weight is 342 g/mol. The number of carboxylic acid groups (broad SMARTS) is 1. The lowest BCUT2D eigenvalue weighted by atomic mass is 10.2. The van der Waals surface area contributed by atoms with Crippen LogP contribution in [-0.2, 0) is 0 Å². The van der Waals surface area contributed by atoms with Crippen molar-refractivity contribution in [3.05, 3.63) is 51.2 Å². The Balaban J connectivity index is 2.33. The summed E-state index contributed by atoms with van der Waals surface area (Å²) in [6.07, 6.45) is 1.44. The predicted octanol–water partition coefficient (Wildman–Crippen LogP) is 4.25. The fraction of sp³-hybridized carbons (Fsp3) is 0.0769. The van der Waals surface area contributed by atoms with Crippen LogP contribution in [0.2, 0.25) is 5.02 Å². The van der Waals surface area contributed by atoms with Crippen LogP contribution in [0.4, 0.5) is 11.4 Å². The minimum absolute atomic E-state index is 0.0145. The van der Waals surface area contributed by atoms with E-state index in [4.69, 9.17) is 16.7 Å². The van der Waals surface area contributed by atoms with Gasteiger partial charge in [0.25, 0.3) is 0 Å². The lowest BCUT2D eigenvalue weighted by Crippen LogP contribution is -2.01. The Hall–Kier alpha value is -1.59. The second kappa shape index (κ2) is 5.59. The summed E-state index contributed by atoms with van der Waals surface area (Å²) in [5, 5.41) is 12.6. The number of nitrogens with one attached hydrogen (secondary N) is 1. The van der Waals surface area contributed by atoms with E-state index in [1.807, 2.05) is 13.0 Å². The summed E-state index contributed by atoms with van der Waals surface area (Å²) in [6, 6.07) is 6.82. The van der Waals surface area contributed by atoms with Crippen LogP contribution in [0, 0.1) is 6.92 Å². The molecule has 0 saturated heterocycles. The van der Waals surface area contributed by atoms with Crippen molar-refractivity contribution in [1.82, 2.24) is 4.98 Å². The maximum absolute atomic E-state index is 10.9. The molecule has 0 atom stereocenters. The molecule has 0 bridgehead atoms. The number of aryl methyl sites for hydroxylation is 1. The number of hydrogen-bond acceptors (Lipinski definition) is 3. The molecule has 4 nitrogen and oxygen atoms in total. The van der Waals surface area contributed by atoms with Gasteiger partial charge in [0.05, 0.1) is 5.69 Å². The molecule has 1 heterocycles. The number of benzene rings is 1. The van der Waals surface area contributed by atoms with Gasteiger partial charge in [-0.15, -0.1) is 0 Å². The van der Waals surface area contributed by atoms with Crippen molar-refractivity contribution in [1.29, 1.82) is 0 Å². The summed E-state index contributed by atoms with van der Waals surface area (Å²) >= 11 is 9.50. The molecule has 0 fully saturated rings. The molecule has 6 heteroatoms. The number of anilines is 2. The van der Waals surface area contributed by atoms with E-state index in [1.54, 1.807) is 12.1 Å². The van der Waals surface area contributed by atoms with E-state index in [9.17, 15) is 4.79 Å². The molecule has 0 aliphatic heterocycles. The predicted molar refractivity (Wildman–Crippen MR) is 78.4 cm³/mol. The van der Waals surface area contributed by atoms with Crippen LogP contribution in [-0.4, -0.2) is 16.1 Å². The minimum Gasteiger partial charge on any atom is -0.477 e. The topological polar surface area (TPSA) is 62.2 Å². The van der Waals surface area contributed by atoms with E-state index >= 15 is 0 Å². The number of rotatable bonds is 3. The smallest absolute Gasteiger partial charge is 0.354 e. The number of halogens is 2. The molecule has 0 aliphatic carbocycles. The van der Waals surface area contributed by atoms with Crippen molar-refractivity contribution in [2.24, 2.45) is 0 Å². The zero-order chi connectivity index (χ0) is 14.0. The Morgan fingerprint density at radius 2 is 2.16 bits per heavy atom. The zero-order valence-electron chi connectivity index (χ0n) is 9.95. The van der Waals surface area contributed by atoms with Crippen LogP contribution in [0.25, 0.3) is 0 Å². The van der Waals surface area contributed by atoms with Gasteiger partial charge >= 0.3 is 5.97 Å². The number of carbonyl (C=O) groups is 1. The first-order chi connectivity index (χ1) is 8.97. The van der Waals surface area contributed by atoms with E-state index in [1.165, 1.54) is 12.3 Å². The van der Waals surface area contributed by atoms with Crippen molar-refractivity contribution in [3.8, 4) is 0 Å². The third-order valence-electron chi connectivity index (χ3n) is 2.51. The molecular weight excluding hydrogens is 332 g/mol. The maximum Gasteiger partial charge on any atom is 0.354 e. The van der Waals surface area contributed by atoms with Gasteiger partial charge in [0.1, 0.15) is 5.69 Å². The standard InChI is InChI=1S/C13H10BrClN2O2/c1-7-4-9(14)11(6-10(7)15)17-8-2-3-16-12(5-8)13(18)19/h2-6H,1H3,(H,16,17)(H,18,19). The summed E-state index contributed by atoms with van der Waals surface area (Å²) in [4.78, 5) is 14.6. The second-order valence-electron chi connectivity index (χ2n) is 3.94. The minimum atomic E-state index is -1.07. The van der Waals surface area contributed by atoms with Gasteiger partial charge in [-0.1, -0.05) is 11.6 Å². The first-order valence-electron chi connectivity index (χ1n) is 5.39. The molecule has 19 heavy (non-hydrogen) atoms. The van der Waals surface area contributed by atoms with Crippen molar-refractivity contribution in [3.63, 3.8) is 0 Å². The van der Waals surface area contributed by atoms with Crippen molar-refractivity contribution >= 4 is 44.9 Å². The SMILES string of the molecule is Cc1cc(Br)c(Nc2ccnc(C(=O)O)c2)cc1Cl. The molecule has 1 aromatic carbocycles. The summed E-state index contributed by atoms with van der Waals surface area (Å²) in [7, 11) is 0. The molecule has 0 radical (unpaired) electrons. The molecule has 0 unspecified atom stereocenters. The van der Waals surface area contributed by atoms with Gasteiger partial charge < -0.3 is 10.4 Å². The highest BCUT2D eigenvalue weighted by Crippen LogP contribution is 2.31. The molecule has 2 N–H and O–H groups in total. The Morgan fingerprint density at radius 3 is 2.84 bits per heavy atom. The lowest BCUT2D eigenvalue weighted by Gasteiger charge is -2.10. The molecule has 0 amide bonds. The van der Waals surface area contributed by atoms with Crippen LogP contribution in [0.3, 0.4) is 0 Å². The highest BCUT2D eigenvalue weighted by atomic mass is 79.9. The van der Waals surface area contributed by atoms with Crippen molar-refractivity contribution < 1.29 is 9.90 Å². The fourth-order valence-electron chi connectivity index (χ4n) is 1.52. The first kappa shape index (κ1) is 13.8. The third kappa shape index (κ3) is 3.24. The molecule has 98 valence electrons. The lowest BCUT2D eigenvalue weighted by molar-refractivity contribution is 0.0690. The van der Waals surface area contributed by atoms with E-state index in [-0.39, 0.29) is 5.69 Å². The Kier molecular flexibility index (Phi) is 4.07. The van der Waals surface area contributed by atoms with Gasteiger partial charge in [-0.25, -0.2) is 9.78 Å². The largest absolute Gasteiger partial charge is 0.477 e. The normalized spacial score (nSPS) is 10.3. The Morgan fingerprint density at radius 1 is 1.42 bits per heavy atom. The van der Waals surface area contributed by atoms with E-state index < -0.39 is 5.97 Å². The summed E-state index contributed by atoms with van der Waals surface area (Å²) in [5.74, 6) is -1.07. The number of aromatic nitrogens is 1. The number of carboxylic acids is 1. The van der Waals surface area contributed by atoms with Crippen LogP contribution >= 0.6 is 27.5 Å². The summed E-state index contributed by atoms with van der Waals surface area (Å²) in [6.45, 7) is 1.91.